The van der Waals surface area contributed by atoms with Crippen molar-refractivity contribution in [1.29, 1.82) is 0 Å². The fourth-order valence-electron chi connectivity index (χ4n) is 5.12. The number of phenols is 1. The number of hydrogen-bond donors (Lipinski definition) is 12. The number of hydrogen-bond acceptors (Lipinski definition) is 12. The van der Waals surface area contributed by atoms with Gasteiger partial charge in [0.2, 0.25) is 35.4 Å². The van der Waals surface area contributed by atoms with Gasteiger partial charge in [-0.2, -0.15) is 0 Å². The number of carboxylic acid groups (broad SMARTS) is 1. The standard InChI is InChI=1S/C36H52N8O11/c1-20(40-34(52)28(19-45)43-32(50)25(38)16-23-11-13-24(47)14-12-23)31(49)39-18-29(48)44-30(21(2)46)35(53)42-27(17-22-8-4-3-5-9-22)33(51)41-26(36(54)55)10-6-7-15-37/h3-5,8-9,11-14,20-21,25-28,30,45-47H,6-7,10,15-19,37-38H2,1-2H3,(H,39,49)(H,40,52)(H,41,51)(H,42,53)(H,43,50)(H,44,48)(H,54,55)/t20-,21+,25-,26-,27-,28-,30-/m0/s1. The largest absolute Gasteiger partial charge is 0.508 e. The van der Waals surface area contributed by atoms with E-state index >= 15 is 0 Å². The van der Waals surface area contributed by atoms with Gasteiger partial charge in [0.25, 0.3) is 0 Å². The molecule has 0 spiro atoms. The molecule has 55 heavy (non-hydrogen) atoms. The maximum absolute atomic E-state index is 13.3. The van der Waals surface area contributed by atoms with Crippen molar-refractivity contribution < 1.29 is 54.0 Å². The van der Waals surface area contributed by atoms with Crippen LogP contribution < -0.4 is 43.4 Å². The van der Waals surface area contributed by atoms with Gasteiger partial charge in [-0.1, -0.05) is 42.5 Å². The van der Waals surface area contributed by atoms with Crippen molar-refractivity contribution in [2.75, 3.05) is 19.7 Å². The lowest BCUT2D eigenvalue weighted by Gasteiger charge is -2.26. The second-order valence-electron chi connectivity index (χ2n) is 12.9. The molecular formula is C36H52N8O11. The number of carbonyl (C=O) groups excluding carboxylic acids is 6. The van der Waals surface area contributed by atoms with E-state index in [0.29, 0.717) is 30.5 Å². The molecule has 2 aromatic rings. The zero-order chi connectivity index (χ0) is 41.1. The quantitative estimate of drug-likeness (QED) is 0.0492. The first-order valence-corrected chi connectivity index (χ1v) is 17.6. The predicted octanol–water partition coefficient (Wildman–Crippen LogP) is -3.35. The minimum atomic E-state index is -1.61. The van der Waals surface area contributed by atoms with Crippen molar-refractivity contribution in [2.24, 2.45) is 11.5 Å². The van der Waals surface area contributed by atoms with E-state index in [2.05, 4.69) is 31.9 Å². The molecule has 0 unspecified atom stereocenters. The van der Waals surface area contributed by atoms with Crippen LogP contribution in [0.25, 0.3) is 0 Å². The number of carboxylic acids is 1. The number of carbonyl (C=O) groups is 7. The lowest BCUT2D eigenvalue weighted by Crippen LogP contribution is -2.60. The van der Waals surface area contributed by atoms with E-state index < -0.39 is 96.9 Å². The SMILES string of the molecule is C[C@H](NC(=O)[C@H](CO)NC(=O)[C@@H](N)Cc1ccc(O)cc1)C(=O)NCC(=O)N[C@H](C(=O)N[C@@H](Cc1ccccc1)C(=O)N[C@@H](CCCCN)C(=O)O)[C@@H](C)O. The van der Waals surface area contributed by atoms with E-state index in [4.69, 9.17) is 11.5 Å². The smallest absolute Gasteiger partial charge is 0.326 e. The van der Waals surface area contributed by atoms with Crippen molar-refractivity contribution in [3.63, 3.8) is 0 Å². The molecule has 14 N–H and O–H groups in total. The molecule has 7 atom stereocenters. The molecule has 19 heteroatoms. The number of nitrogens with one attached hydrogen (secondary N) is 6. The van der Waals surface area contributed by atoms with Gasteiger partial charge < -0.3 is 63.8 Å². The fourth-order valence-corrected chi connectivity index (χ4v) is 5.12. The summed E-state index contributed by atoms with van der Waals surface area (Å²) in [6, 6.07) is 6.49. The van der Waals surface area contributed by atoms with E-state index in [-0.39, 0.29) is 25.0 Å². The van der Waals surface area contributed by atoms with E-state index in [1.165, 1.54) is 26.0 Å². The maximum Gasteiger partial charge on any atom is 0.326 e. The molecule has 0 bridgehead atoms. The Morgan fingerprint density at radius 1 is 0.691 bits per heavy atom. The highest BCUT2D eigenvalue weighted by Crippen LogP contribution is 2.11. The summed E-state index contributed by atoms with van der Waals surface area (Å²) in [5.41, 5.74) is 12.7. The van der Waals surface area contributed by atoms with Gasteiger partial charge in [-0.15, -0.1) is 0 Å². The van der Waals surface area contributed by atoms with Gasteiger partial charge in [0.05, 0.1) is 25.3 Å². The van der Waals surface area contributed by atoms with Gasteiger partial charge >= 0.3 is 5.97 Å². The molecule has 2 rings (SSSR count). The molecule has 0 saturated heterocycles. The molecule has 19 nitrogen and oxygen atoms in total. The molecule has 0 radical (unpaired) electrons. The summed E-state index contributed by atoms with van der Waals surface area (Å²) in [6.45, 7) is 1.28. The molecule has 302 valence electrons. The minimum absolute atomic E-state index is 0.0279. The molecule has 0 aliphatic rings. The summed E-state index contributed by atoms with van der Waals surface area (Å²) in [6.07, 6.45) is -0.403. The number of aromatic hydroxyl groups is 1. The van der Waals surface area contributed by atoms with Crippen LogP contribution in [-0.2, 0) is 46.4 Å². The van der Waals surface area contributed by atoms with E-state index in [9.17, 15) is 54.0 Å². The van der Waals surface area contributed by atoms with Gasteiger partial charge in [0.15, 0.2) is 0 Å². The number of benzene rings is 2. The second-order valence-corrected chi connectivity index (χ2v) is 12.9. The summed E-state index contributed by atoms with van der Waals surface area (Å²) >= 11 is 0. The van der Waals surface area contributed by atoms with Gasteiger partial charge in [-0.25, -0.2) is 4.79 Å². The number of phenolic OH excluding ortho intramolecular Hbond substituents is 1. The Morgan fingerprint density at radius 2 is 1.27 bits per heavy atom. The molecule has 0 aromatic heterocycles. The second kappa shape index (κ2) is 23.2. The Labute approximate surface area is 318 Å². The Kier molecular flexibility index (Phi) is 19.2. The highest BCUT2D eigenvalue weighted by molar-refractivity contribution is 5.96. The number of rotatable bonds is 23. The Bertz CT molecular complexity index is 1590. The molecule has 0 aliphatic carbocycles. The third-order valence-electron chi connectivity index (χ3n) is 8.28. The number of aliphatic hydroxyl groups excluding tert-OH is 2. The molecule has 2 aromatic carbocycles. The average Bonchev–Trinajstić information content (AvgIpc) is 3.15. The summed E-state index contributed by atoms with van der Waals surface area (Å²) in [5.74, 6) is -6.49. The first kappa shape index (κ1) is 45.5. The third-order valence-corrected chi connectivity index (χ3v) is 8.28. The summed E-state index contributed by atoms with van der Waals surface area (Å²) in [5, 5.41) is 53.2. The van der Waals surface area contributed by atoms with Gasteiger partial charge in [0, 0.05) is 6.42 Å². The number of nitrogens with two attached hydrogens (primary N) is 2. The van der Waals surface area contributed by atoms with Crippen LogP contribution in [0.3, 0.4) is 0 Å². The van der Waals surface area contributed by atoms with Crippen LogP contribution in [0.4, 0.5) is 0 Å². The van der Waals surface area contributed by atoms with Crippen LogP contribution >= 0.6 is 0 Å². The zero-order valence-electron chi connectivity index (χ0n) is 30.7. The maximum atomic E-state index is 13.3. The van der Waals surface area contributed by atoms with Crippen LogP contribution in [0, 0.1) is 0 Å². The van der Waals surface area contributed by atoms with Gasteiger partial charge in [0.1, 0.15) is 36.0 Å². The van der Waals surface area contributed by atoms with Crippen LogP contribution in [0.15, 0.2) is 54.6 Å². The van der Waals surface area contributed by atoms with E-state index in [0.717, 1.165) is 0 Å². The average molecular weight is 773 g/mol. The molecule has 0 aliphatic heterocycles. The molecule has 0 saturated carbocycles. The first-order valence-electron chi connectivity index (χ1n) is 17.6. The van der Waals surface area contributed by atoms with Crippen LogP contribution in [-0.4, -0.2) is 124 Å². The van der Waals surface area contributed by atoms with Crippen LogP contribution in [0.2, 0.25) is 0 Å². The van der Waals surface area contributed by atoms with Crippen molar-refractivity contribution in [1.82, 2.24) is 31.9 Å². The monoisotopic (exact) mass is 772 g/mol. The lowest BCUT2D eigenvalue weighted by molar-refractivity contribution is -0.142. The normalized spacial score (nSPS) is 14.7. The molecule has 6 amide bonds. The van der Waals surface area contributed by atoms with Crippen molar-refractivity contribution >= 4 is 41.4 Å². The summed E-state index contributed by atoms with van der Waals surface area (Å²) < 4.78 is 0. The first-order chi connectivity index (χ1) is 26.1. The van der Waals surface area contributed by atoms with Crippen molar-refractivity contribution in [3.05, 3.63) is 65.7 Å². The Morgan fingerprint density at radius 3 is 1.85 bits per heavy atom. The van der Waals surface area contributed by atoms with Crippen molar-refractivity contribution in [3.8, 4) is 5.75 Å². The predicted molar refractivity (Wildman–Crippen MR) is 198 cm³/mol. The summed E-state index contributed by atoms with van der Waals surface area (Å²) in [7, 11) is 0. The van der Waals surface area contributed by atoms with Crippen molar-refractivity contribution in [2.45, 2.75) is 88.3 Å². The highest BCUT2D eigenvalue weighted by Gasteiger charge is 2.32. The number of aliphatic hydroxyl groups is 2. The Hall–Kier alpha value is -5.63. The highest BCUT2D eigenvalue weighted by atomic mass is 16.4. The number of aliphatic carboxylic acids is 1. The third kappa shape index (κ3) is 16.1. The van der Waals surface area contributed by atoms with E-state index in [1.807, 2.05) is 0 Å². The number of amides is 6. The van der Waals surface area contributed by atoms with Crippen LogP contribution in [0.5, 0.6) is 5.75 Å². The fraction of sp³-hybridized carbons (Fsp3) is 0.472. The van der Waals surface area contributed by atoms with Gasteiger partial charge in [-0.05, 0) is 69.3 Å². The topological polar surface area (TPSA) is 325 Å². The minimum Gasteiger partial charge on any atom is -0.508 e. The van der Waals surface area contributed by atoms with Crippen LogP contribution in [0.1, 0.15) is 44.2 Å². The molecule has 0 heterocycles. The lowest BCUT2D eigenvalue weighted by atomic mass is 10.0. The molecular weight excluding hydrogens is 720 g/mol. The Balaban J connectivity index is 1.98. The zero-order valence-corrected chi connectivity index (χ0v) is 30.7. The number of unbranched alkanes of at least 4 members (excludes halogenated alkanes) is 1. The molecule has 0 fully saturated rings. The van der Waals surface area contributed by atoms with Gasteiger partial charge in [-0.3, -0.25) is 28.8 Å². The van der Waals surface area contributed by atoms with E-state index in [1.54, 1.807) is 42.5 Å². The summed E-state index contributed by atoms with van der Waals surface area (Å²) in [4.78, 5) is 89.2.